The lowest BCUT2D eigenvalue weighted by molar-refractivity contribution is -0.138. The molecule has 7 heavy (non-hydrogen) atoms. The minimum absolute atomic E-state index is 0.558. The van der Waals surface area contributed by atoms with Crippen molar-refractivity contribution < 1.29 is 9.90 Å². The van der Waals surface area contributed by atoms with Crippen molar-refractivity contribution in [3.8, 4) is 0 Å². The van der Waals surface area contributed by atoms with Crippen LogP contribution in [0, 0.1) is 0 Å². The predicted octanol–water partition coefficient (Wildman–Crippen LogP) is -0.527. The largest absolute Gasteiger partial charge is 0.479 e. The molecule has 4 heteroatoms. The van der Waals surface area contributed by atoms with Crippen LogP contribution in [-0.4, -0.2) is 21.7 Å². The Labute approximate surface area is 44.9 Å². The molecule has 0 radical (unpaired) electrons. The van der Waals surface area contributed by atoms with Crippen molar-refractivity contribution in [3.63, 3.8) is 0 Å². The van der Waals surface area contributed by atoms with E-state index in [1.807, 2.05) is 0 Å². The third-order valence-electron chi connectivity index (χ3n) is 0.817. The second kappa shape index (κ2) is 1.14. The lowest BCUT2D eigenvalue weighted by atomic mass is 10.4. The summed E-state index contributed by atoms with van der Waals surface area (Å²) >= 11 is 1.26. The fourth-order valence-electron chi connectivity index (χ4n) is 0.201. The zero-order chi connectivity index (χ0) is 5.49. The van der Waals surface area contributed by atoms with Crippen molar-refractivity contribution in [2.45, 2.75) is 4.87 Å². The molecule has 0 spiro atoms. The van der Waals surface area contributed by atoms with Crippen LogP contribution in [0.5, 0.6) is 0 Å². The van der Waals surface area contributed by atoms with Crippen molar-refractivity contribution in [1.29, 1.82) is 0 Å². The fourth-order valence-corrected chi connectivity index (χ4v) is 0.604. The van der Waals surface area contributed by atoms with Crippen LogP contribution in [-0.2, 0) is 4.79 Å². The highest BCUT2D eigenvalue weighted by Crippen LogP contribution is 2.38. The maximum absolute atomic E-state index is 9.94. The molecule has 0 aromatic carbocycles. The Morgan fingerprint density at radius 2 is 2.43 bits per heavy atom. The van der Waals surface area contributed by atoms with Crippen LogP contribution in [0.15, 0.2) is 0 Å². The van der Waals surface area contributed by atoms with E-state index in [2.05, 4.69) is 0 Å². The van der Waals surface area contributed by atoms with Crippen LogP contribution in [0.2, 0.25) is 0 Å². The molecule has 0 amide bonds. The zero-order valence-corrected chi connectivity index (χ0v) is 4.36. The van der Waals surface area contributed by atoms with Gasteiger partial charge in [-0.3, -0.25) is 0 Å². The molecular formula is C3H5NO2S. The number of hydrogen-bond acceptors (Lipinski definition) is 3. The smallest absolute Gasteiger partial charge is 0.335 e. The molecule has 1 saturated heterocycles. The Balaban J connectivity index is 2.55. The highest BCUT2D eigenvalue weighted by Gasteiger charge is 2.47. The second-order valence-electron chi connectivity index (χ2n) is 1.48. The van der Waals surface area contributed by atoms with Gasteiger partial charge in [0.2, 0.25) is 0 Å². The number of thioether (sulfide) groups is 1. The predicted molar refractivity (Wildman–Crippen MR) is 27.0 cm³/mol. The van der Waals surface area contributed by atoms with Crippen LogP contribution >= 0.6 is 11.8 Å². The number of hydrogen-bond donors (Lipinski definition) is 2. The minimum Gasteiger partial charge on any atom is -0.479 e. The zero-order valence-electron chi connectivity index (χ0n) is 3.55. The van der Waals surface area contributed by atoms with Crippen molar-refractivity contribution >= 4 is 17.7 Å². The van der Waals surface area contributed by atoms with Crippen molar-refractivity contribution in [1.82, 2.24) is 0 Å². The quantitative estimate of drug-likeness (QED) is 0.455. The average Bonchev–Trinajstić information content (AvgIpc) is 2.21. The van der Waals surface area contributed by atoms with Gasteiger partial charge in [-0.15, -0.1) is 11.8 Å². The fraction of sp³-hybridized carbons (Fsp3) is 0.667. The molecule has 0 aromatic heterocycles. The van der Waals surface area contributed by atoms with Gasteiger partial charge in [-0.05, 0) is 0 Å². The second-order valence-corrected chi connectivity index (χ2v) is 2.79. The van der Waals surface area contributed by atoms with Crippen LogP contribution in [0.25, 0.3) is 0 Å². The van der Waals surface area contributed by atoms with Gasteiger partial charge in [-0.2, -0.15) is 0 Å². The van der Waals surface area contributed by atoms with Crippen LogP contribution in [0.1, 0.15) is 0 Å². The maximum atomic E-state index is 9.94. The van der Waals surface area contributed by atoms with Gasteiger partial charge < -0.3 is 10.8 Å². The number of nitrogens with two attached hydrogens (primary N) is 1. The monoisotopic (exact) mass is 119 g/mol. The summed E-state index contributed by atoms with van der Waals surface area (Å²) in [5.41, 5.74) is 5.15. The Kier molecular flexibility index (Phi) is 0.800. The molecule has 1 rings (SSSR count). The Bertz CT molecular complexity index is 110. The van der Waals surface area contributed by atoms with Crippen molar-refractivity contribution in [3.05, 3.63) is 0 Å². The van der Waals surface area contributed by atoms with E-state index in [4.69, 9.17) is 10.8 Å². The van der Waals surface area contributed by atoms with Gasteiger partial charge in [0.1, 0.15) is 0 Å². The lowest BCUT2D eigenvalue weighted by Gasteiger charge is -1.93. The van der Waals surface area contributed by atoms with E-state index < -0.39 is 10.8 Å². The molecule has 0 aromatic rings. The number of aliphatic carboxylic acids is 1. The van der Waals surface area contributed by atoms with Gasteiger partial charge in [-0.1, -0.05) is 0 Å². The van der Waals surface area contributed by atoms with Gasteiger partial charge in [0.25, 0.3) is 0 Å². The number of rotatable bonds is 1. The first-order valence-electron chi connectivity index (χ1n) is 1.81. The first-order chi connectivity index (χ1) is 3.15. The number of carboxylic acids is 1. The first kappa shape index (κ1) is 4.93. The van der Waals surface area contributed by atoms with Crippen LogP contribution in [0.4, 0.5) is 0 Å². The summed E-state index contributed by atoms with van der Waals surface area (Å²) in [7, 11) is 0. The molecule has 0 bridgehead atoms. The molecule has 3 nitrogen and oxygen atoms in total. The maximum Gasteiger partial charge on any atom is 0.335 e. The van der Waals surface area contributed by atoms with E-state index in [0.29, 0.717) is 5.75 Å². The highest BCUT2D eigenvalue weighted by molar-refractivity contribution is 8.08. The number of carbonyl (C=O) groups is 1. The molecule has 40 valence electrons. The molecule has 3 N–H and O–H groups in total. The van der Waals surface area contributed by atoms with E-state index in [1.54, 1.807) is 0 Å². The molecule has 0 aliphatic carbocycles. The Morgan fingerprint density at radius 3 is 2.43 bits per heavy atom. The van der Waals surface area contributed by atoms with Crippen LogP contribution < -0.4 is 5.73 Å². The summed E-state index contributed by atoms with van der Waals surface area (Å²) in [6, 6.07) is 0. The normalized spacial score (nSPS) is 37.9. The lowest BCUT2D eigenvalue weighted by Crippen LogP contribution is -2.32. The van der Waals surface area contributed by atoms with E-state index in [-0.39, 0.29) is 0 Å². The first-order valence-corrected chi connectivity index (χ1v) is 2.80. The summed E-state index contributed by atoms with van der Waals surface area (Å²) in [6.07, 6.45) is 0. The van der Waals surface area contributed by atoms with Gasteiger partial charge in [0.15, 0.2) is 4.87 Å². The third kappa shape index (κ3) is 0.711. The van der Waals surface area contributed by atoms with Crippen molar-refractivity contribution in [2.24, 2.45) is 5.73 Å². The van der Waals surface area contributed by atoms with Gasteiger partial charge in [0.05, 0.1) is 0 Å². The molecule has 1 heterocycles. The molecule has 1 aliphatic heterocycles. The molecule has 1 fully saturated rings. The van der Waals surface area contributed by atoms with Gasteiger partial charge >= 0.3 is 5.97 Å². The summed E-state index contributed by atoms with van der Waals surface area (Å²) in [5.74, 6) is -0.347. The van der Waals surface area contributed by atoms with Gasteiger partial charge in [0, 0.05) is 5.75 Å². The average molecular weight is 119 g/mol. The van der Waals surface area contributed by atoms with E-state index >= 15 is 0 Å². The molecule has 1 unspecified atom stereocenters. The summed E-state index contributed by atoms with van der Waals surface area (Å²) in [6.45, 7) is 0. The molecular weight excluding hydrogens is 114 g/mol. The summed E-state index contributed by atoms with van der Waals surface area (Å²) in [5, 5.41) is 8.17. The SMILES string of the molecule is NC1(C(=O)O)CS1. The van der Waals surface area contributed by atoms with Crippen molar-refractivity contribution in [2.75, 3.05) is 5.75 Å². The molecule has 0 saturated carbocycles. The minimum atomic E-state index is -0.917. The van der Waals surface area contributed by atoms with Gasteiger partial charge in [-0.25, -0.2) is 4.79 Å². The summed E-state index contributed by atoms with van der Waals surface area (Å²) in [4.78, 5) is 9.02. The molecule has 1 atom stereocenters. The third-order valence-corrected chi connectivity index (χ3v) is 1.90. The summed E-state index contributed by atoms with van der Waals surface area (Å²) < 4.78 is 0. The Morgan fingerprint density at radius 1 is 2.00 bits per heavy atom. The van der Waals surface area contributed by atoms with E-state index in [0.717, 1.165) is 0 Å². The standard InChI is InChI=1S/C3H5NO2S/c4-3(1-7-3)2(5)6/h1,4H2,(H,5,6). The number of carboxylic acid groups (broad SMARTS) is 1. The molecule has 1 aliphatic rings. The van der Waals surface area contributed by atoms with E-state index in [1.165, 1.54) is 11.8 Å². The topological polar surface area (TPSA) is 63.3 Å². The Hall–Kier alpha value is -0.220. The van der Waals surface area contributed by atoms with E-state index in [9.17, 15) is 4.79 Å². The van der Waals surface area contributed by atoms with Crippen LogP contribution in [0.3, 0.4) is 0 Å². The highest BCUT2D eigenvalue weighted by atomic mass is 32.2.